The van der Waals surface area contributed by atoms with Crippen molar-refractivity contribution in [3.8, 4) is 17.6 Å². The summed E-state index contributed by atoms with van der Waals surface area (Å²) in [6.07, 6.45) is -3.07. The topological polar surface area (TPSA) is 104 Å². The van der Waals surface area contributed by atoms with E-state index in [0.29, 0.717) is 17.2 Å². The standard InChI is InChI=1S/C25H16F3N5O3/c26-25(27,28)17-8-4-3-7-16(17)22(34)31-12-13-9-19(31)21-23(35)33(24(36)32(13)21)20-11-30-18(10-29)14-5-1-2-6-15(14)20/h1-8,11,13,19,35H,9,12H2. The fraction of sp³-hybridized carbons (Fsp3) is 0.200. The Morgan fingerprint density at radius 3 is 2.53 bits per heavy atom. The van der Waals surface area contributed by atoms with E-state index < -0.39 is 46.9 Å². The molecule has 0 saturated carbocycles. The molecule has 0 radical (unpaired) electrons. The highest BCUT2D eigenvalue weighted by atomic mass is 19.4. The highest BCUT2D eigenvalue weighted by Gasteiger charge is 2.50. The molecule has 1 amide bonds. The van der Waals surface area contributed by atoms with Crippen LogP contribution in [0.15, 0.2) is 59.5 Å². The number of likely N-dealkylation sites (tertiary alicyclic amines) is 1. The van der Waals surface area contributed by atoms with Crippen molar-refractivity contribution in [2.75, 3.05) is 6.54 Å². The van der Waals surface area contributed by atoms with E-state index in [4.69, 9.17) is 0 Å². The van der Waals surface area contributed by atoms with Crippen LogP contribution >= 0.6 is 0 Å². The molecule has 2 aromatic carbocycles. The quantitative estimate of drug-likeness (QED) is 0.458. The van der Waals surface area contributed by atoms with Crippen molar-refractivity contribution < 1.29 is 23.1 Å². The minimum Gasteiger partial charge on any atom is -0.493 e. The Bertz CT molecular complexity index is 1680. The van der Waals surface area contributed by atoms with E-state index in [1.165, 1.54) is 27.8 Å². The molecule has 8 nitrogen and oxygen atoms in total. The van der Waals surface area contributed by atoms with E-state index in [1.807, 2.05) is 6.07 Å². The van der Waals surface area contributed by atoms with Crippen LogP contribution < -0.4 is 5.69 Å². The number of halogens is 3. The summed E-state index contributed by atoms with van der Waals surface area (Å²) in [6, 6.07) is 12.1. The van der Waals surface area contributed by atoms with Crippen molar-refractivity contribution in [1.29, 1.82) is 5.26 Å². The van der Waals surface area contributed by atoms with Crippen molar-refractivity contribution in [2.45, 2.75) is 24.7 Å². The Hall–Kier alpha value is -4.59. The first kappa shape index (κ1) is 21.9. The second kappa shape index (κ2) is 7.45. The molecule has 2 unspecified atom stereocenters. The molecule has 4 heterocycles. The number of hydrogen-bond donors (Lipinski definition) is 1. The van der Waals surface area contributed by atoms with Crippen molar-refractivity contribution >= 4 is 16.7 Å². The van der Waals surface area contributed by atoms with Gasteiger partial charge in [0.1, 0.15) is 17.5 Å². The van der Waals surface area contributed by atoms with Gasteiger partial charge in [-0.1, -0.05) is 36.4 Å². The molecular formula is C25H16F3N5O3. The van der Waals surface area contributed by atoms with Crippen LogP contribution in [-0.2, 0) is 6.18 Å². The summed E-state index contributed by atoms with van der Waals surface area (Å²) in [5.74, 6) is -1.22. The number of benzene rings is 2. The van der Waals surface area contributed by atoms with Gasteiger partial charge < -0.3 is 10.0 Å². The first-order valence-corrected chi connectivity index (χ1v) is 11.0. The van der Waals surface area contributed by atoms with E-state index in [2.05, 4.69) is 4.98 Å². The molecule has 36 heavy (non-hydrogen) atoms. The normalized spacial score (nSPS) is 18.4. The minimum atomic E-state index is -4.71. The third-order valence-electron chi connectivity index (χ3n) is 6.90. The molecule has 2 aliphatic heterocycles. The Morgan fingerprint density at radius 2 is 1.81 bits per heavy atom. The first-order chi connectivity index (χ1) is 17.2. The van der Waals surface area contributed by atoms with Gasteiger partial charge >= 0.3 is 11.9 Å². The van der Waals surface area contributed by atoms with Gasteiger partial charge in [0.2, 0.25) is 5.88 Å². The van der Waals surface area contributed by atoms with Crippen LogP contribution in [0.25, 0.3) is 16.5 Å². The fourth-order valence-corrected chi connectivity index (χ4v) is 5.40. The largest absolute Gasteiger partial charge is 0.493 e. The lowest BCUT2D eigenvalue weighted by molar-refractivity contribution is -0.138. The van der Waals surface area contributed by atoms with E-state index in [0.717, 1.165) is 16.7 Å². The van der Waals surface area contributed by atoms with Crippen LogP contribution in [0.5, 0.6) is 5.88 Å². The number of carbonyl (C=O) groups excluding carboxylic acids is 1. The van der Waals surface area contributed by atoms with Gasteiger partial charge in [-0.05, 0) is 18.6 Å². The molecular weight excluding hydrogens is 475 g/mol. The monoisotopic (exact) mass is 491 g/mol. The van der Waals surface area contributed by atoms with Crippen LogP contribution in [0, 0.1) is 11.3 Å². The van der Waals surface area contributed by atoms with Gasteiger partial charge in [-0.2, -0.15) is 18.4 Å². The summed E-state index contributed by atoms with van der Waals surface area (Å²) in [7, 11) is 0. The Labute approximate surface area is 201 Å². The van der Waals surface area contributed by atoms with Gasteiger partial charge in [-0.15, -0.1) is 0 Å². The van der Waals surface area contributed by atoms with E-state index >= 15 is 0 Å². The number of pyridine rings is 1. The van der Waals surface area contributed by atoms with Crippen LogP contribution in [0.1, 0.15) is 45.8 Å². The number of alkyl halides is 3. The highest BCUT2D eigenvalue weighted by molar-refractivity contribution is 5.97. The van der Waals surface area contributed by atoms with Crippen LogP contribution in [-0.4, -0.2) is 36.6 Å². The third kappa shape index (κ3) is 2.90. The number of aromatic hydroxyl groups is 1. The molecule has 2 bridgehead atoms. The Kier molecular flexibility index (Phi) is 4.54. The summed E-state index contributed by atoms with van der Waals surface area (Å²) in [4.78, 5) is 32.1. The summed E-state index contributed by atoms with van der Waals surface area (Å²) in [6.45, 7) is 0.0401. The van der Waals surface area contributed by atoms with E-state index in [-0.39, 0.29) is 23.6 Å². The van der Waals surface area contributed by atoms with Gasteiger partial charge in [0.25, 0.3) is 5.91 Å². The number of amides is 1. The van der Waals surface area contributed by atoms with Crippen molar-refractivity contribution in [3.05, 3.63) is 87.7 Å². The summed E-state index contributed by atoms with van der Waals surface area (Å²) < 4.78 is 43.0. The van der Waals surface area contributed by atoms with Crippen molar-refractivity contribution in [1.82, 2.24) is 19.0 Å². The van der Waals surface area contributed by atoms with Crippen LogP contribution in [0.4, 0.5) is 13.2 Å². The molecule has 2 aromatic heterocycles. The van der Waals surface area contributed by atoms with Crippen molar-refractivity contribution in [3.63, 3.8) is 0 Å². The maximum absolute atomic E-state index is 13.5. The molecule has 2 aliphatic rings. The number of nitrogens with zero attached hydrogens (tertiary/aromatic N) is 5. The lowest BCUT2D eigenvalue weighted by Crippen LogP contribution is -2.38. The lowest BCUT2D eigenvalue weighted by atomic mass is 10.0. The van der Waals surface area contributed by atoms with Crippen LogP contribution in [0.3, 0.4) is 0 Å². The van der Waals surface area contributed by atoms with Gasteiger partial charge in [0, 0.05) is 17.3 Å². The highest BCUT2D eigenvalue weighted by Crippen LogP contribution is 2.49. The molecule has 0 aliphatic carbocycles. The number of fused-ring (bicyclic) bond motifs is 6. The van der Waals surface area contributed by atoms with E-state index in [9.17, 15) is 33.1 Å². The predicted molar refractivity (Wildman–Crippen MR) is 121 cm³/mol. The third-order valence-corrected chi connectivity index (χ3v) is 6.90. The predicted octanol–water partition coefficient (Wildman–Crippen LogP) is 3.93. The Balaban J connectivity index is 1.47. The molecule has 0 spiro atoms. The molecule has 6 rings (SSSR count). The fourth-order valence-electron chi connectivity index (χ4n) is 5.40. The number of hydrogen-bond acceptors (Lipinski definition) is 5. The summed E-state index contributed by atoms with van der Waals surface area (Å²) >= 11 is 0. The van der Waals surface area contributed by atoms with Gasteiger partial charge in [-0.3, -0.25) is 9.36 Å². The second-order valence-corrected chi connectivity index (χ2v) is 8.75. The zero-order valence-electron chi connectivity index (χ0n) is 18.4. The van der Waals surface area contributed by atoms with Gasteiger partial charge in [0.05, 0.1) is 35.1 Å². The van der Waals surface area contributed by atoms with E-state index in [1.54, 1.807) is 24.3 Å². The maximum Gasteiger partial charge on any atom is 0.417 e. The molecule has 11 heteroatoms. The van der Waals surface area contributed by atoms with Gasteiger partial charge in [-0.25, -0.2) is 14.3 Å². The number of imidazole rings is 1. The zero-order chi connectivity index (χ0) is 25.4. The summed E-state index contributed by atoms with van der Waals surface area (Å²) in [5.41, 5.74) is -1.47. The average molecular weight is 491 g/mol. The van der Waals surface area contributed by atoms with Crippen molar-refractivity contribution in [2.24, 2.45) is 0 Å². The molecule has 1 fully saturated rings. The molecule has 4 aromatic rings. The lowest BCUT2D eigenvalue weighted by Gasteiger charge is -2.28. The Morgan fingerprint density at radius 1 is 1.11 bits per heavy atom. The van der Waals surface area contributed by atoms with Gasteiger partial charge in [0.15, 0.2) is 0 Å². The minimum absolute atomic E-state index is 0.0401. The number of rotatable bonds is 2. The number of aromatic nitrogens is 3. The number of carbonyl (C=O) groups is 1. The number of nitriles is 1. The zero-order valence-corrected chi connectivity index (χ0v) is 18.4. The first-order valence-electron chi connectivity index (χ1n) is 11.0. The smallest absolute Gasteiger partial charge is 0.417 e. The second-order valence-electron chi connectivity index (χ2n) is 8.75. The molecule has 180 valence electrons. The summed E-state index contributed by atoms with van der Waals surface area (Å²) in [5, 5.41) is 21.6. The molecule has 2 atom stereocenters. The molecule has 1 N–H and O–H groups in total. The maximum atomic E-state index is 13.5. The average Bonchev–Trinajstić information content (AvgIpc) is 3.54. The molecule has 1 saturated heterocycles. The van der Waals surface area contributed by atoms with Crippen LogP contribution in [0.2, 0.25) is 0 Å². The SMILES string of the molecule is N#Cc1ncc(-n2c(O)c3n(c2=O)C2CC3N(C(=O)c3ccccc3C(F)(F)F)C2)c2ccccc12.